The van der Waals surface area contributed by atoms with Crippen molar-refractivity contribution in [3.05, 3.63) is 108 Å². The van der Waals surface area contributed by atoms with Gasteiger partial charge in [0.1, 0.15) is 12.6 Å². The quantitative estimate of drug-likeness (QED) is 0.103. The number of carbonyl (C=O) groups excluding carboxylic acids is 2. The van der Waals surface area contributed by atoms with Gasteiger partial charge in [0.2, 0.25) is 5.69 Å². The van der Waals surface area contributed by atoms with E-state index in [-0.39, 0.29) is 39.8 Å². The predicted molar refractivity (Wildman–Crippen MR) is 200 cm³/mol. The molecule has 0 aliphatic carbocycles. The van der Waals surface area contributed by atoms with E-state index in [0.29, 0.717) is 12.8 Å². The normalized spacial score (nSPS) is 17.3. The minimum absolute atomic E-state index is 0. The molecule has 2 aliphatic heterocycles. The van der Waals surface area contributed by atoms with Gasteiger partial charge in [-0.2, -0.15) is 4.58 Å². The molecule has 0 spiro atoms. The highest BCUT2D eigenvalue weighted by molar-refractivity contribution is 6.08. The number of anilines is 1. The third kappa shape index (κ3) is 6.41. The monoisotopic (exact) mass is 736 g/mol. The van der Waals surface area contributed by atoms with Crippen LogP contribution in [0.5, 0.6) is 0 Å². The zero-order chi connectivity index (χ0) is 34.9. The maximum atomic E-state index is 13.4. The fourth-order valence-electron chi connectivity index (χ4n) is 8.21. The van der Waals surface area contributed by atoms with E-state index in [1.165, 1.54) is 58.3 Å². The topological polar surface area (TPSA) is 58.8 Å². The second kappa shape index (κ2) is 14.9. The number of unbranched alkanes of at least 4 members (excludes halogenated alkanes) is 1. The van der Waals surface area contributed by atoms with Crippen LogP contribution in [0.25, 0.3) is 21.5 Å². The first-order valence-corrected chi connectivity index (χ1v) is 17.6. The van der Waals surface area contributed by atoms with Gasteiger partial charge in [0.05, 0.1) is 19.6 Å². The molecule has 0 saturated carbocycles. The van der Waals surface area contributed by atoms with Crippen LogP contribution in [0.3, 0.4) is 0 Å². The molecular weight excluding hydrogens is 688 g/mol. The summed E-state index contributed by atoms with van der Waals surface area (Å²) in [4.78, 5) is 27.5. The van der Waals surface area contributed by atoms with E-state index in [2.05, 4.69) is 135 Å². The largest absolute Gasteiger partial charge is 1.00 e. The number of hydrogen-bond acceptors (Lipinski definition) is 5. The van der Waals surface area contributed by atoms with Crippen molar-refractivity contribution < 1.29 is 40.6 Å². The van der Waals surface area contributed by atoms with Gasteiger partial charge in [0.15, 0.2) is 5.71 Å². The number of esters is 2. The molecule has 2 aliphatic rings. The Kier molecular flexibility index (Phi) is 11.1. The van der Waals surface area contributed by atoms with Gasteiger partial charge in [-0.3, -0.25) is 4.79 Å². The number of rotatable bonds is 11. The van der Waals surface area contributed by atoms with Gasteiger partial charge in [-0.1, -0.05) is 87.9 Å². The summed E-state index contributed by atoms with van der Waals surface area (Å²) in [7, 11) is 2.93. The molecule has 0 radical (unpaired) electrons. The Morgan fingerprint density at radius 3 is 2.10 bits per heavy atom. The number of allylic oxidation sites excluding steroid dienone is 4. The Bertz CT molecular complexity index is 2020. The van der Waals surface area contributed by atoms with E-state index in [4.69, 9.17) is 9.47 Å². The van der Waals surface area contributed by atoms with Crippen LogP contribution in [0.2, 0.25) is 0 Å². The van der Waals surface area contributed by atoms with Gasteiger partial charge in [-0.25, -0.2) is 4.79 Å². The standard InChI is InChI=1S/C43H49N2O4.BrH/c1-8-16-35(41(47)49-7)45-34-27-25-30-18-10-12-20-32(30)40(34)43(4,5)37(45)22-15-21-36-42(2,3)39-31-19-11-9-17-29(31)24-26-33(39)44(36)28-14-13-23-38(46)48-6;/h9-12,15,17-22,24-27,35H,8,13-14,16,23,28H2,1-7H3;1H/q+1;/p-1. The molecule has 50 heavy (non-hydrogen) atoms. The molecule has 0 aromatic heterocycles. The molecule has 262 valence electrons. The summed E-state index contributed by atoms with van der Waals surface area (Å²) in [6.45, 7) is 12.0. The van der Waals surface area contributed by atoms with E-state index in [9.17, 15) is 9.59 Å². The minimum atomic E-state index is -0.436. The second-order valence-electron chi connectivity index (χ2n) is 14.3. The van der Waals surface area contributed by atoms with Gasteiger partial charge in [-0.15, -0.1) is 0 Å². The van der Waals surface area contributed by atoms with Gasteiger partial charge in [-0.05, 0) is 72.0 Å². The first-order valence-electron chi connectivity index (χ1n) is 17.6. The minimum Gasteiger partial charge on any atom is -1.00 e. The molecule has 6 rings (SSSR count). The summed E-state index contributed by atoms with van der Waals surface area (Å²) in [6, 6.07) is 25.5. The lowest BCUT2D eigenvalue weighted by atomic mass is 9.79. The van der Waals surface area contributed by atoms with Crippen molar-refractivity contribution in [2.75, 3.05) is 25.7 Å². The van der Waals surface area contributed by atoms with Crippen LogP contribution in [0.1, 0.15) is 77.8 Å². The summed E-state index contributed by atoms with van der Waals surface area (Å²) in [5, 5.41) is 4.88. The molecule has 0 amide bonds. The molecule has 4 aromatic carbocycles. The lowest BCUT2D eigenvalue weighted by molar-refractivity contribution is -0.438. The number of benzene rings is 4. The third-order valence-corrected chi connectivity index (χ3v) is 10.5. The average Bonchev–Trinajstić information content (AvgIpc) is 3.47. The highest BCUT2D eigenvalue weighted by Gasteiger charge is 2.47. The zero-order valence-corrected chi connectivity index (χ0v) is 32.0. The summed E-state index contributed by atoms with van der Waals surface area (Å²) in [5.41, 5.74) is 6.46. The average molecular weight is 738 g/mol. The van der Waals surface area contributed by atoms with Crippen molar-refractivity contribution in [3.8, 4) is 0 Å². The molecule has 0 N–H and O–H groups in total. The summed E-state index contributed by atoms with van der Waals surface area (Å²) < 4.78 is 12.7. The number of hydrogen-bond donors (Lipinski definition) is 0. The molecule has 0 saturated heterocycles. The van der Waals surface area contributed by atoms with E-state index < -0.39 is 6.04 Å². The first-order chi connectivity index (χ1) is 23.6. The smallest absolute Gasteiger partial charge is 0.328 e. The lowest BCUT2D eigenvalue weighted by Crippen LogP contribution is -3.00. The lowest BCUT2D eigenvalue weighted by Gasteiger charge is -2.32. The number of ether oxygens (including phenoxy) is 2. The van der Waals surface area contributed by atoms with E-state index in [0.717, 1.165) is 37.2 Å². The van der Waals surface area contributed by atoms with Gasteiger partial charge in [0.25, 0.3) is 0 Å². The Morgan fingerprint density at radius 2 is 1.46 bits per heavy atom. The summed E-state index contributed by atoms with van der Waals surface area (Å²) in [6.07, 6.45) is 10.2. The highest BCUT2D eigenvalue weighted by Crippen LogP contribution is 2.52. The van der Waals surface area contributed by atoms with E-state index >= 15 is 0 Å². The van der Waals surface area contributed by atoms with Gasteiger partial charge in [0, 0.05) is 47.3 Å². The van der Waals surface area contributed by atoms with Crippen LogP contribution in [0, 0.1) is 0 Å². The highest BCUT2D eigenvalue weighted by atomic mass is 79.9. The summed E-state index contributed by atoms with van der Waals surface area (Å²) >= 11 is 0. The number of nitrogens with zero attached hydrogens (tertiary/aromatic N) is 2. The third-order valence-electron chi connectivity index (χ3n) is 10.5. The molecule has 7 heteroatoms. The summed E-state index contributed by atoms with van der Waals surface area (Å²) in [5.74, 6) is -0.394. The maximum absolute atomic E-state index is 13.4. The number of halogens is 1. The molecule has 0 bridgehead atoms. The van der Waals surface area contributed by atoms with Crippen LogP contribution in [-0.2, 0) is 29.9 Å². The Hall–Kier alpha value is -4.23. The molecule has 1 atom stereocenters. The van der Waals surface area contributed by atoms with E-state index in [1.54, 1.807) is 0 Å². The van der Waals surface area contributed by atoms with Crippen LogP contribution in [0.15, 0.2) is 96.7 Å². The van der Waals surface area contributed by atoms with E-state index in [1.807, 2.05) is 0 Å². The van der Waals surface area contributed by atoms with Crippen molar-refractivity contribution >= 4 is 50.6 Å². The van der Waals surface area contributed by atoms with Crippen LogP contribution in [-0.4, -0.2) is 49.0 Å². The molecule has 2 heterocycles. The van der Waals surface area contributed by atoms with Crippen molar-refractivity contribution in [1.82, 2.24) is 0 Å². The molecule has 4 aromatic rings. The molecule has 1 unspecified atom stereocenters. The van der Waals surface area contributed by atoms with Crippen LogP contribution < -0.4 is 21.9 Å². The van der Waals surface area contributed by atoms with Crippen LogP contribution >= 0.6 is 0 Å². The van der Waals surface area contributed by atoms with Crippen molar-refractivity contribution in [2.24, 2.45) is 0 Å². The Morgan fingerprint density at radius 1 is 0.820 bits per heavy atom. The second-order valence-corrected chi connectivity index (χ2v) is 14.3. The number of fused-ring (bicyclic) bond motifs is 6. The zero-order valence-electron chi connectivity index (χ0n) is 30.4. The maximum Gasteiger partial charge on any atom is 0.328 e. The number of methoxy groups -OCH3 is 2. The van der Waals surface area contributed by atoms with Crippen molar-refractivity contribution in [3.63, 3.8) is 0 Å². The van der Waals surface area contributed by atoms with Crippen LogP contribution in [0.4, 0.5) is 11.4 Å². The fraction of sp³-hybridized carbons (Fsp3) is 0.372. The Balaban J connectivity index is 0.00000486. The van der Waals surface area contributed by atoms with Gasteiger partial charge < -0.3 is 31.4 Å². The molecule has 6 nitrogen and oxygen atoms in total. The molecule has 0 fully saturated rings. The number of carbonyl (C=O) groups is 2. The molecular formula is C43H49BrN2O4. The predicted octanol–water partition coefficient (Wildman–Crippen LogP) is 6.30. The SMILES string of the molecule is CCCC(C(=O)OC)N1C(=CC=CC2=[N+](CCCCC(=O)OC)c3ccc4ccccc4c3C2(C)C)C(C)(C)c2c1ccc1ccccc21.[Br-]. The van der Waals surface area contributed by atoms with Crippen molar-refractivity contribution in [2.45, 2.75) is 83.6 Å². The van der Waals surface area contributed by atoms with Crippen molar-refractivity contribution in [1.29, 1.82) is 0 Å². The Labute approximate surface area is 307 Å². The first kappa shape index (κ1) is 37.0. The fourth-order valence-corrected chi connectivity index (χ4v) is 8.21. The van der Waals surface area contributed by atoms with Gasteiger partial charge >= 0.3 is 11.9 Å².